The Morgan fingerprint density at radius 2 is 1.59 bits per heavy atom. The van der Waals surface area contributed by atoms with Crippen LogP contribution >= 0.6 is 23.2 Å². The summed E-state index contributed by atoms with van der Waals surface area (Å²) in [5.74, 6) is 0.295. The third-order valence-corrected chi connectivity index (χ3v) is 12.5. The van der Waals surface area contributed by atoms with Crippen molar-refractivity contribution in [3.8, 4) is 28.4 Å². The first-order valence-corrected chi connectivity index (χ1v) is 22.0. The van der Waals surface area contributed by atoms with Crippen molar-refractivity contribution in [3.05, 3.63) is 99.3 Å². The summed E-state index contributed by atoms with van der Waals surface area (Å²) in [6, 6.07) is 15.7. The summed E-state index contributed by atoms with van der Waals surface area (Å²) in [6.45, 7) is 5.09. The minimum Gasteiger partial charge on any atom is -0.492 e. The molecular weight excluding hydrogens is 805 g/mol. The number of carbonyl (C=O) groups is 2. The fourth-order valence-corrected chi connectivity index (χ4v) is 8.73. The molecule has 12 nitrogen and oxygen atoms in total. The number of likely N-dealkylation sites (tertiary alicyclic amines) is 2. The summed E-state index contributed by atoms with van der Waals surface area (Å²) >= 11 is 13.8. The van der Waals surface area contributed by atoms with E-state index < -0.39 is 21.8 Å². The van der Waals surface area contributed by atoms with Gasteiger partial charge in [0.25, 0.3) is 0 Å². The van der Waals surface area contributed by atoms with Gasteiger partial charge >= 0.3 is 11.9 Å². The van der Waals surface area contributed by atoms with Crippen LogP contribution in [-0.2, 0) is 43.9 Å². The van der Waals surface area contributed by atoms with Gasteiger partial charge in [-0.1, -0.05) is 60.0 Å². The molecule has 2 aliphatic rings. The van der Waals surface area contributed by atoms with Crippen LogP contribution in [0.1, 0.15) is 60.8 Å². The van der Waals surface area contributed by atoms with E-state index in [-0.39, 0.29) is 36.7 Å². The standard InChI is InChI=1S/C43H49Cl2N3O9S/c1-28-30(10-6-11-33(28)34-12-7-15-38(41(34)45)55-19-9-18-47-17-8-14-37(47)43(51)54-2)27-57-40-22-39(56-26-29-20-32(24-46-23-29)58(3,52)53)31(21-35(40)44)25-48-16-5-4-13-36(48)42(49)50/h6-7,10-12,15,20-24,36-37H,4-5,8-9,13-14,16-19,25-27H2,1-3H3,(H,49,50)/t36-,37-/m0/s1. The van der Waals surface area contributed by atoms with Gasteiger partial charge < -0.3 is 24.1 Å². The zero-order chi connectivity index (χ0) is 41.4. The van der Waals surface area contributed by atoms with E-state index in [1.165, 1.54) is 25.6 Å². The minimum absolute atomic E-state index is 0.00574. The fraction of sp³-hybridized carbons (Fsp3) is 0.419. The van der Waals surface area contributed by atoms with Gasteiger partial charge in [0, 0.05) is 54.5 Å². The molecule has 2 fully saturated rings. The average molecular weight is 855 g/mol. The minimum atomic E-state index is -3.48. The highest BCUT2D eigenvalue weighted by Crippen LogP contribution is 2.39. The second kappa shape index (κ2) is 19.6. The van der Waals surface area contributed by atoms with Crippen LogP contribution in [0, 0.1) is 6.92 Å². The number of carboxylic acids is 1. The topological polar surface area (TPSA) is 145 Å². The van der Waals surface area contributed by atoms with Crippen LogP contribution in [0.2, 0.25) is 10.0 Å². The first kappa shape index (κ1) is 43.2. The zero-order valence-electron chi connectivity index (χ0n) is 32.9. The molecule has 2 atom stereocenters. The Morgan fingerprint density at radius 3 is 2.36 bits per heavy atom. The highest BCUT2D eigenvalue weighted by molar-refractivity contribution is 7.90. The quantitative estimate of drug-likeness (QED) is 0.0819. The highest BCUT2D eigenvalue weighted by Gasteiger charge is 2.31. The lowest BCUT2D eigenvalue weighted by molar-refractivity contribution is -0.146. The summed E-state index contributed by atoms with van der Waals surface area (Å²) in [6.07, 6.45) is 8.69. The normalized spacial score (nSPS) is 17.5. The Balaban J connectivity index is 1.18. The van der Waals surface area contributed by atoms with E-state index >= 15 is 0 Å². The summed E-state index contributed by atoms with van der Waals surface area (Å²) < 4.78 is 48.1. The van der Waals surface area contributed by atoms with Crippen LogP contribution < -0.4 is 14.2 Å². The molecule has 15 heteroatoms. The highest BCUT2D eigenvalue weighted by atomic mass is 35.5. The Morgan fingerprint density at radius 1 is 0.845 bits per heavy atom. The van der Waals surface area contributed by atoms with Crippen molar-refractivity contribution in [1.29, 1.82) is 0 Å². The number of carbonyl (C=O) groups excluding carboxylic acids is 1. The van der Waals surface area contributed by atoms with E-state index in [1.807, 2.05) is 48.2 Å². The lowest BCUT2D eigenvalue weighted by Gasteiger charge is -2.33. The van der Waals surface area contributed by atoms with Gasteiger partial charge in [0.1, 0.15) is 42.5 Å². The van der Waals surface area contributed by atoms with Gasteiger partial charge in [-0.15, -0.1) is 0 Å². The molecule has 2 aliphatic heterocycles. The number of methoxy groups -OCH3 is 1. The van der Waals surface area contributed by atoms with Crippen molar-refractivity contribution >= 4 is 45.0 Å². The van der Waals surface area contributed by atoms with Crippen molar-refractivity contribution in [2.75, 3.05) is 39.6 Å². The number of hydrogen-bond acceptors (Lipinski definition) is 11. The van der Waals surface area contributed by atoms with Crippen molar-refractivity contribution in [1.82, 2.24) is 14.8 Å². The molecule has 1 aromatic heterocycles. The molecule has 0 amide bonds. The second-order valence-electron chi connectivity index (χ2n) is 14.7. The molecule has 4 aromatic rings. The summed E-state index contributed by atoms with van der Waals surface area (Å²) in [5.41, 5.74) is 4.80. The molecule has 0 bridgehead atoms. The van der Waals surface area contributed by atoms with Gasteiger partial charge in [-0.05, 0) is 87.0 Å². The van der Waals surface area contributed by atoms with Gasteiger partial charge in [-0.25, -0.2) is 8.42 Å². The van der Waals surface area contributed by atoms with Crippen molar-refractivity contribution in [2.45, 2.75) is 82.2 Å². The van der Waals surface area contributed by atoms with Gasteiger partial charge in [0.15, 0.2) is 9.84 Å². The maximum Gasteiger partial charge on any atom is 0.323 e. The van der Waals surface area contributed by atoms with Crippen LogP contribution in [0.25, 0.3) is 11.1 Å². The predicted octanol–water partition coefficient (Wildman–Crippen LogP) is 7.77. The number of pyridine rings is 1. The molecule has 6 rings (SSSR count). The van der Waals surface area contributed by atoms with Crippen molar-refractivity contribution < 1.29 is 42.1 Å². The number of nitrogens with zero attached hydrogens (tertiary/aromatic N) is 3. The largest absolute Gasteiger partial charge is 0.492 e. The number of halogens is 2. The number of rotatable bonds is 17. The Hall–Kier alpha value is -4.40. The maximum atomic E-state index is 12.2. The molecule has 0 saturated carbocycles. The molecule has 0 aliphatic carbocycles. The lowest BCUT2D eigenvalue weighted by Crippen LogP contribution is -2.44. The summed E-state index contributed by atoms with van der Waals surface area (Å²) in [5, 5.41) is 10.8. The number of sulfone groups is 1. The first-order valence-electron chi connectivity index (χ1n) is 19.3. The van der Waals surface area contributed by atoms with Gasteiger partial charge in [0.2, 0.25) is 0 Å². The SMILES string of the molecule is COC(=O)[C@@H]1CCCN1CCCOc1cccc(-c2cccc(COc3cc(OCc4cncc(S(C)(=O)=O)c4)c(CN4CCCC[C@H]4C(=O)O)cc3Cl)c2C)c1Cl. The van der Waals surface area contributed by atoms with E-state index in [4.69, 9.17) is 42.1 Å². The molecule has 0 spiro atoms. The van der Waals surface area contributed by atoms with E-state index in [0.717, 1.165) is 73.7 Å². The van der Waals surface area contributed by atoms with E-state index in [1.54, 1.807) is 12.1 Å². The number of piperidine rings is 1. The Bertz CT molecular complexity index is 2220. The monoisotopic (exact) mass is 853 g/mol. The van der Waals surface area contributed by atoms with E-state index in [9.17, 15) is 23.1 Å². The molecule has 58 heavy (non-hydrogen) atoms. The summed E-state index contributed by atoms with van der Waals surface area (Å²) in [4.78, 5) is 32.4. The number of carboxylic acid groups (broad SMARTS) is 1. The van der Waals surface area contributed by atoms with Crippen molar-refractivity contribution in [3.63, 3.8) is 0 Å². The third kappa shape index (κ3) is 10.6. The number of esters is 1. The summed E-state index contributed by atoms with van der Waals surface area (Å²) in [7, 11) is -2.06. The predicted molar refractivity (Wildman–Crippen MR) is 221 cm³/mol. The molecule has 1 N–H and O–H groups in total. The Labute approximate surface area is 349 Å². The van der Waals surface area contributed by atoms with Crippen molar-refractivity contribution in [2.24, 2.45) is 0 Å². The maximum absolute atomic E-state index is 12.2. The average Bonchev–Trinajstić information content (AvgIpc) is 3.68. The number of aromatic nitrogens is 1. The number of hydrogen-bond donors (Lipinski definition) is 1. The van der Waals surface area contributed by atoms with Gasteiger partial charge in [0.05, 0.1) is 28.7 Å². The first-order chi connectivity index (χ1) is 27.8. The van der Waals surface area contributed by atoms with Crippen LogP contribution in [0.15, 0.2) is 71.9 Å². The van der Waals surface area contributed by atoms with Crippen LogP contribution in [-0.4, -0.2) is 91.9 Å². The van der Waals surface area contributed by atoms with Crippen LogP contribution in [0.5, 0.6) is 17.2 Å². The molecule has 3 heterocycles. The smallest absolute Gasteiger partial charge is 0.323 e. The number of ether oxygens (including phenoxy) is 4. The molecule has 310 valence electrons. The Kier molecular flexibility index (Phi) is 14.6. The molecule has 3 aromatic carbocycles. The zero-order valence-corrected chi connectivity index (χ0v) is 35.2. The molecule has 0 unspecified atom stereocenters. The van der Waals surface area contributed by atoms with E-state index in [2.05, 4.69) is 9.88 Å². The molecular formula is C43H49Cl2N3O9S. The number of aliphatic carboxylic acids is 1. The van der Waals surface area contributed by atoms with Crippen LogP contribution in [0.3, 0.4) is 0 Å². The van der Waals surface area contributed by atoms with Crippen LogP contribution in [0.4, 0.5) is 0 Å². The molecule has 0 radical (unpaired) electrons. The fourth-order valence-electron chi connectivity index (χ4n) is 7.59. The van der Waals surface area contributed by atoms with Gasteiger partial charge in [-0.3, -0.25) is 24.4 Å². The molecule has 2 saturated heterocycles. The number of benzene rings is 3. The lowest BCUT2D eigenvalue weighted by atomic mass is 9.96. The van der Waals surface area contributed by atoms with Gasteiger partial charge in [-0.2, -0.15) is 0 Å². The third-order valence-electron chi connectivity index (χ3n) is 10.7. The van der Waals surface area contributed by atoms with E-state index in [0.29, 0.717) is 58.0 Å². The second-order valence-corrected chi connectivity index (χ2v) is 17.5.